The topological polar surface area (TPSA) is 9.23 Å². The highest BCUT2D eigenvalue weighted by molar-refractivity contribution is 5.65. The standard InChI is InChI=1S/C13H9F3O/c1-17-9-4-2-8(3-5-9)10-6-7-11(14)13(16)12(10)15/h2-7H,1H3. The van der Waals surface area contributed by atoms with Crippen molar-refractivity contribution < 1.29 is 17.9 Å². The van der Waals surface area contributed by atoms with E-state index in [1.165, 1.54) is 13.2 Å². The minimum absolute atomic E-state index is 0.0200. The molecule has 0 heterocycles. The van der Waals surface area contributed by atoms with Crippen LogP contribution in [-0.4, -0.2) is 7.11 Å². The van der Waals surface area contributed by atoms with Gasteiger partial charge in [-0.2, -0.15) is 0 Å². The van der Waals surface area contributed by atoms with Gasteiger partial charge in [-0.3, -0.25) is 0 Å². The Kier molecular flexibility index (Phi) is 3.04. The van der Waals surface area contributed by atoms with E-state index in [1.54, 1.807) is 24.3 Å². The van der Waals surface area contributed by atoms with Gasteiger partial charge in [-0.05, 0) is 29.8 Å². The van der Waals surface area contributed by atoms with Gasteiger partial charge in [0, 0.05) is 5.56 Å². The molecule has 0 unspecified atom stereocenters. The maximum Gasteiger partial charge on any atom is 0.195 e. The van der Waals surface area contributed by atoms with E-state index in [-0.39, 0.29) is 5.56 Å². The predicted molar refractivity (Wildman–Crippen MR) is 58.3 cm³/mol. The molecule has 2 aromatic rings. The molecule has 0 radical (unpaired) electrons. The van der Waals surface area contributed by atoms with Crippen molar-refractivity contribution in [3.05, 3.63) is 53.8 Å². The summed E-state index contributed by atoms with van der Waals surface area (Å²) in [6.07, 6.45) is 0. The van der Waals surface area contributed by atoms with Crippen molar-refractivity contribution in [3.8, 4) is 16.9 Å². The second-order valence-corrected chi connectivity index (χ2v) is 3.45. The molecule has 17 heavy (non-hydrogen) atoms. The van der Waals surface area contributed by atoms with Crippen molar-refractivity contribution in [3.63, 3.8) is 0 Å². The van der Waals surface area contributed by atoms with Gasteiger partial charge in [0.1, 0.15) is 5.75 Å². The van der Waals surface area contributed by atoms with Gasteiger partial charge in [-0.1, -0.05) is 12.1 Å². The Hall–Kier alpha value is -1.97. The Bertz CT molecular complexity index is 535. The summed E-state index contributed by atoms with van der Waals surface area (Å²) in [6.45, 7) is 0. The van der Waals surface area contributed by atoms with Crippen LogP contribution >= 0.6 is 0 Å². The highest BCUT2D eigenvalue weighted by atomic mass is 19.2. The van der Waals surface area contributed by atoms with Gasteiger partial charge in [0.25, 0.3) is 0 Å². The molecule has 0 atom stereocenters. The Morgan fingerprint density at radius 2 is 1.47 bits per heavy atom. The third kappa shape index (κ3) is 2.11. The molecule has 2 aromatic carbocycles. The number of hydrogen-bond acceptors (Lipinski definition) is 1. The normalized spacial score (nSPS) is 10.4. The molecule has 2 rings (SSSR count). The van der Waals surface area contributed by atoms with Crippen molar-refractivity contribution in [1.82, 2.24) is 0 Å². The number of halogens is 3. The lowest BCUT2D eigenvalue weighted by atomic mass is 10.0. The molecule has 0 N–H and O–H groups in total. The summed E-state index contributed by atoms with van der Waals surface area (Å²) >= 11 is 0. The fourth-order valence-corrected chi connectivity index (χ4v) is 1.52. The van der Waals surface area contributed by atoms with E-state index in [0.29, 0.717) is 11.3 Å². The molecule has 0 aromatic heterocycles. The highest BCUT2D eigenvalue weighted by Gasteiger charge is 2.14. The summed E-state index contributed by atoms with van der Waals surface area (Å²) in [7, 11) is 1.51. The smallest absolute Gasteiger partial charge is 0.195 e. The molecule has 0 amide bonds. The highest BCUT2D eigenvalue weighted by Crippen LogP contribution is 2.27. The van der Waals surface area contributed by atoms with Gasteiger partial charge >= 0.3 is 0 Å². The first-order valence-corrected chi connectivity index (χ1v) is 4.91. The number of methoxy groups -OCH3 is 1. The first kappa shape index (κ1) is 11.5. The van der Waals surface area contributed by atoms with Crippen molar-refractivity contribution >= 4 is 0 Å². The third-order valence-corrected chi connectivity index (χ3v) is 2.44. The molecule has 88 valence electrons. The lowest BCUT2D eigenvalue weighted by molar-refractivity contribution is 0.415. The number of ether oxygens (including phenoxy) is 1. The molecule has 4 heteroatoms. The minimum Gasteiger partial charge on any atom is -0.497 e. The summed E-state index contributed by atoms with van der Waals surface area (Å²) in [5, 5.41) is 0. The molecule has 0 spiro atoms. The third-order valence-electron chi connectivity index (χ3n) is 2.44. The van der Waals surface area contributed by atoms with Crippen molar-refractivity contribution in [2.45, 2.75) is 0 Å². The van der Waals surface area contributed by atoms with E-state index in [1.807, 2.05) is 0 Å². The minimum atomic E-state index is -1.46. The van der Waals surface area contributed by atoms with Gasteiger partial charge in [0.2, 0.25) is 0 Å². The van der Waals surface area contributed by atoms with Crippen LogP contribution in [0, 0.1) is 17.5 Å². The van der Waals surface area contributed by atoms with Gasteiger partial charge in [-0.15, -0.1) is 0 Å². The van der Waals surface area contributed by atoms with E-state index >= 15 is 0 Å². The fraction of sp³-hybridized carbons (Fsp3) is 0.0769. The van der Waals surface area contributed by atoms with Crippen LogP contribution in [-0.2, 0) is 0 Å². The number of hydrogen-bond donors (Lipinski definition) is 0. The largest absolute Gasteiger partial charge is 0.497 e. The van der Waals surface area contributed by atoms with Crippen LogP contribution in [0.25, 0.3) is 11.1 Å². The van der Waals surface area contributed by atoms with Gasteiger partial charge in [0.05, 0.1) is 7.11 Å². The summed E-state index contributed by atoms with van der Waals surface area (Å²) in [4.78, 5) is 0. The molecular formula is C13H9F3O. The average Bonchev–Trinajstić information content (AvgIpc) is 2.36. The maximum atomic E-state index is 13.5. The SMILES string of the molecule is COc1ccc(-c2ccc(F)c(F)c2F)cc1. The lowest BCUT2D eigenvalue weighted by Gasteiger charge is -2.06. The van der Waals surface area contributed by atoms with E-state index in [4.69, 9.17) is 4.74 Å². The number of rotatable bonds is 2. The van der Waals surface area contributed by atoms with Gasteiger partial charge in [-0.25, -0.2) is 13.2 Å². The van der Waals surface area contributed by atoms with Gasteiger partial charge in [0.15, 0.2) is 17.5 Å². The van der Waals surface area contributed by atoms with Crippen molar-refractivity contribution in [2.24, 2.45) is 0 Å². The van der Waals surface area contributed by atoms with Crippen molar-refractivity contribution in [1.29, 1.82) is 0 Å². The second kappa shape index (κ2) is 4.49. The monoisotopic (exact) mass is 238 g/mol. The molecule has 0 bridgehead atoms. The fourth-order valence-electron chi connectivity index (χ4n) is 1.52. The molecule has 0 aliphatic rings. The van der Waals surface area contributed by atoms with E-state index in [2.05, 4.69) is 0 Å². The zero-order chi connectivity index (χ0) is 12.4. The summed E-state index contributed by atoms with van der Waals surface area (Å²) in [5.41, 5.74) is 0.480. The van der Waals surface area contributed by atoms with Crippen LogP contribution in [0.15, 0.2) is 36.4 Å². The van der Waals surface area contributed by atoms with Crippen LogP contribution < -0.4 is 4.74 Å². The molecule has 0 saturated carbocycles. The average molecular weight is 238 g/mol. The van der Waals surface area contributed by atoms with Crippen LogP contribution in [0.1, 0.15) is 0 Å². The quantitative estimate of drug-likeness (QED) is 0.723. The van der Waals surface area contributed by atoms with Crippen LogP contribution in [0.3, 0.4) is 0 Å². The molecule has 0 aliphatic heterocycles. The summed E-state index contributed by atoms with van der Waals surface area (Å²) in [5.74, 6) is -3.23. The van der Waals surface area contributed by atoms with Crippen molar-refractivity contribution in [2.75, 3.05) is 7.11 Å². The van der Waals surface area contributed by atoms with Gasteiger partial charge < -0.3 is 4.74 Å². The molecule has 0 fully saturated rings. The molecule has 0 aliphatic carbocycles. The van der Waals surface area contributed by atoms with Crippen LogP contribution in [0.4, 0.5) is 13.2 Å². The van der Waals surface area contributed by atoms with Crippen LogP contribution in [0.5, 0.6) is 5.75 Å². The van der Waals surface area contributed by atoms with E-state index in [9.17, 15) is 13.2 Å². The second-order valence-electron chi connectivity index (χ2n) is 3.45. The zero-order valence-corrected chi connectivity index (χ0v) is 9.01. The van der Waals surface area contributed by atoms with Crippen LogP contribution in [0.2, 0.25) is 0 Å². The molecule has 1 nitrogen and oxygen atoms in total. The Morgan fingerprint density at radius 3 is 2.06 bits per heavy atom. The Morgan fingerprint density at radius 1 is 0.824 bits per heavy atom. The first-order valence-electron chi connectivity index (χ1n) is 4.91. The van der Waals surface area contributed by atoms with E-state index in [0.717, 1.165) is 6.07 Å². The zero-order valence-electron chi connectivity index (χ0n) is 9.01. The summed E-state index contributed by atoms with van der Waals surface area (Å²) in [6, 6.07) is 8.50. The molecular weight excluding hydrogens is 229 g/mol. The Labute approximate surface area is 96.5 Å². The Balaban J connectivity index is 2.49. The number of benzene rings is 2. The predicted octanol–water partition coefficient (Wildman–Crippen LogP) is 3.78. The van der Waals surface area contributed by atoms with E-state index < -0.39 is 17.5 Å². The first-order chi connectivity index (χ1) is 8.13. The lowest BCUT2D eigenvalue weighted by Crippen LogP contribution is -1.93. The summed E-state index contributed by atoms with van der Waals surface area (Å²) < 4.78 is 44.2. The maximum absolute atomic E-state index is 13.5. The molecule has 0 saturated heterocycles.